The first kappa shape index (κ1) is 21.1. The highest BCUT2D eigenvalue weighted by Crippen LogP contribution is 2.33. The number of ether oxygens (including phenoxy) is 4. The molecule has 4 atom stereocenters. The average molecular weight is 439 g/mol. The number of piperidine rings is 1. The van der Waals surface area contributed by atoms with E-state index in [9.17, 15) is 4.79 Å². The second kappa shape index (κ2) is 9.38. The molecule has 7 heteroatoms. The standard InChI is InChI=1S/C25H30N2O5/c1-29-21-5-2-17(3-6-21)14-30-15-22-16-31-24-11-19(4-7-23(24)32-22)25(28)26-20-10-18-8-9-27(12-18)13-20/h2-7,11,18,20,22H,8-10,12-16H2,1H3,(H,26,28)/t18-,20-,22-/m0/s1. The highest BCUT2D eigenvalue weighted by molar-refractivity contribution is 5.95. The summed E-state index contributed by atoms with van der Waals surface area (Å²) >= 11 is 0. The van der Waals surface area contributed by atoms with Crippen molar-refractivity contribution in [3.8, 4) is 17.2 Å². The number of hydrogen-bond acceptors (Lipinski definition) is 6. The Bertz CT molecular complexity index is 936. The third kappa shape index (κ3) is 4.84. The van der Waals surface area contributed by atoms with Crippen molar-refractivity contribution in [3.05, 3.63) is 53.6 Å². The minimum atomic E-state index is -0.188. The molecule has 2 bridgehead atoms. The van der Waals surface area contributed by atoms with Crippen LogP contribution in [0, 0.1) is 5.92 Å². The third-order valence-electron chi connectivity index (χ3n) is 6.46. The van der Waals surface area contributed by atoms with Gasteiger partial charge in [0.05, 0.1) is 20.3 Å². The molecule has 0 spiro atoms. The lowest BCUT2D eigenvalue weighted by molar-refractivity contribution is 0.00267. The lowest BCUT2D eigenvalue weighted by Gasteiger charge is -2.30. The van der Waals surface area contributed by atoms with Gasteiger partial charge in [0, 0.05) is 24.7 Å². The van der Waals surface area contributed by atoms with Crippen LogP contribution in [0.4, 0.5) is 0 Å². The zero-order chi connectivity index (χ0) is 21.9. The monoisotopic (exact) mass is 438 g/mol. The van der Waals surface area contributed by atoms with Crippen molar-refractivity contribution < 1.29 is 23.7 Å². The molecular weight excluding hydrogens is 408 g/mol. The number of nitrogens with one attached hydrogen (secondary N) is 1. The van der Waals surface area contributed by atoms with Gasteiger partial charge in [-0.25, -0.2) is 0 Å². The molecule has 2 fully saturated rings. The first-order chi connectivity index (χ1) is 15.7. The van der Waals surface area contributed by atoms with Gasteiger partial charge in [0.1, 0.15) is 12.4 Å². The Balaban J connectivity index is 1.11. The fraction of sp³-hybridized carbons (Fsp3) is 0.480. The number of hydrogen-bond donors (Lipinski definition) is 1. The van der Waals surface area contributed by atoms with Crippen molar-refractivity contribution in [1.29, 1.82) is 0 Å². The first-order valence-corrected chi connectivity index (χ1v) is 11.3. The Morgan fingerprint density at radius 1 is 1.16 bits per heavy atom. The smallest absolute Gasteiger partial charge is 0.251 e. The Morgan fingerprint density at radius 3 is 2.84 bits per heavy atom. The van der Waals surface area contributed by atoms with Gasteiger partial charge in [-0.1, -0.05) is 12.1 Å². The molecule has 7 nitrogen and oxygen atoms in total. The summed E-state index contributed by atoms with van der Waals surface area (Å²) in [6.07, 6.45) is 2.14. The van der Waals surface area contributed by atoms with Gasteiger partial charge < -0.3 is 29.2 Å². The van der Waals surface area contributed by atoms with Crippen molar-refractivity contribution in [2.24, 2.45) is 5.92 Å². The first-order valence-electron chi connectivity index (χ1n) is 11.3. The van der Waals surface area contributed by atoms with Gasteiger partial charge in [-0.05, 0) is 61.2 Å². The number of rotatable bonds is 7. The summed E-state index contributed by atoms with van der Waals surface area (Å²) in [5, 5.41) is 3.20. The maximum atomic E-state index is 12.8. The number of carbonyl (C=O) groups is 1. The van der Waals surface area contributed by atoms with Gasteiger partial charge in [0.2, 0.25) is 0 Å². The molecule has 1 unspecified atom stereocenters. The second-order valence-corrected chi connectivity index (χ2v) is 8.90. The van der Waals surface area contributed by atoms with E-state index in [0.717, 1.165) is 36.7 Å². The van der Waals surface area contributed by atoms with Crippen LogP contribution in [0.5, 0.6) is 17.2 Å². The second-order valence-electron chi connectivity index (χ2n) is 8.90. The van der Waals surface area contributed by atoms with Crippen LogP contribution < -0.4 is 19.5 Å². The molecule has 170 valence electrons. The predicted octanol–water partition coefficient (Wildman–Crippen LogP) is 2.88. The molecule has 3 heterocycles. The van der Waals surface area contributed by atoms with Crippen LogP contribution >= 0.6 is 0 Å². The molecule has 2 saturated heterocycles. The van der Waals surface area contributed by atoms with Gasteiger partial charge in [-0.2, -0.15) is 0 Å². The minimum Gasteiger partial charge on any atom is -0.497 e. The lowest BCUT2D eigenvalue weighted by atomic mass is 9.96. The van der Waals surface area contributed by atoms with Gasteiger partial charge in [-0.3, -0.25) is 4.79 Å². The zero-order valence-electron chi connectivity index (χ0n) is 18.4. The third-order valence-corrected chi connectivity index (χ3v) is 6.46. The van der Waals surface area contributed by atoms with Crippen molar-refractivity contribution in [2.75, 3.05) is 40.0 Å². The van der Waals surface area contributed by atoms with E-state index in [2.05, 4.69) is 10.2 Å². The van der Waals surface area contributed by atoms with Crippen molar-refractivity contribution in [2.45, 2.75) is 31.6 Å². The highest BCUT2D eigenvalue weighted by Gasteiger charge is 2.33. The lowest BCUT2D eigenvalue weighted by Crippen LogP contribution is -2.47. The van der Waals surface area contributed by atoms with E-state index in [4.69, 9.17) is 18.9 Å². The summed E-state index contributed by atoms with van der Waals surface area (Å²) in [6.45, 7) is 4.60. The van der Waals surface area contributed by atoms with E-state index in [1.807, 2.05) is 30.3 Å². The normalized spacial score (nSPS) is 25.9. The van der Waals surface area contributed by atoms with E-state index >= 15 is 0 Å². The van der Waals surface area contributed by atoms with E-state index in [1.54, 1.807) is 19.2 Å². The highest BCUT2D eigenvalue weighted by atomic mass is 16.6. The van der Waals surface area contributed by atoms with Crippen molar-refractivity contribution in [3.63, 3.8) is 0 Å². The fourth-order valence-electron chi connectivity index (χ4n) is 4.80. The average Bonchev–Trinajstić information content (AvgIpc) is 3.17. The summed E-state index contributed by atoms with van der Waals surface area (Å²) in [4.78, 5) is 15.2. The molecule has 1 N–H and O–H groups in total. The van der Waals surface area contributed by atoms with Crippen LogP contribution in [0.2, 0.25) is 0 Å². The Labute approximate surface area is 188 Å². The molecule has 3 aliphatic heterocycles. The molecular formula is C25H30N2O5. The molecule has 0 saturated carbocycles. The Hall–Kier alpha value is -2.77. The zero-order valence-corrected chi connectivity index (χ0v) is 18.4. The summed E-state index contributed by atoms with van der Waals surface area (Å²) in [5.74, 6) is 2.75. The van der Waals surface area contributed by atoms with E-state index in [0.29, 0.717) is 36.9 Å². The van der Waals surface area contributed by atoms with Crippen molar-refractivity contribution in [1.82, 2.24) is 10.2 Å². The molecule has 5 rings (SSSR count). The molecule has 2 aromatic rings. The van der Waals surface area contributed by atoms with Crippen LogP contribution in [0.25, 0.3) is 0 Å². The summed E-state index contributed by atoms with van der Waals surface area (Å²) in [6, 6.07) is 13.4. The number of methoxy groups -OCH3 is 1. The largest absolute Gasteiger partial charge is 0.497 e. The number of fused-ring (bicyclic) bond motifs is 3. The molecule has 3 aliphatic rings. The van der Waals surface area contributed by atoms with E-state index in [1.165, 1.54) is 13.0 Å². The predicted molar refractivity (Wildman–Crippen MR) is 119 cm³/mol. The van der Waals surface area contributed by atoms with Crippen LogP contribution in [0.15, 0.2) is 42.5 Å². The number of amides is 1. The summed E-state index contributed by atoms with van der Waals surface area (Å²) in [5.41, 5.74) is 1.68. The minimum absolute atomic E-state index is 0.0474. The van der Waals surface area contributed by atoms with Gasteiger partial charge in [-0.15, -0.1) is 0 Å². The summed E-state index contributed by atoms with van der Waals surface area (Å²) < 4.78 is 22.9. The molecule has 2 aromatic carbocycles. The van der Waals surface area contributed by atoms with Gasteiger partial charge in [0.25, 0.3) is 5.91 Å². The van der Waals surface area contributed by atoms with E-state index in [-0.39, 0.29) is 18.1 Å². The maximum absolute atomic E-state index is 12.8. The maximum Gasteiger partial charge on any atom is 0.251 e. The number of benzene rings is 2. The quantitative estimate of drug-likeness (QED) is 0.717. The molecule has 32 heavy (non-hydrogen) atoms. The van der Waals surface area contributed by atoms with Crippen LogP contribution in [-0.4, -0.2) is 62.9 Å². The number of nitrogens with zero attached hydrogens (tertiary/aromatic N) is 1. The topological polar surface area (TPSA) is 69.3 Å². The Morgan fingerprint density at radius 2 is 2.03 bits per heavy atom. The SMILES string of the molecule is COc1ccc(COC[C@H]2COc3cc(C(=O)N[C@H]4C[C@@H]5CCN(C5)C4)ccc3O2)cc1. The molecule has 0 aromatic heterocycles. The molecule has 0 radical (unpaired) electrons. The molecule has 1 amide bonds. The molecule has 0 aliphatic carbocycles. The van der Waals surface area contributed by atoms with Gasteiger partial charge in [0.15, 0.2) is 17.6 Å². The van der Waals surface area contributed by atoms with Crippen LogP contribution in [0.3, 0.4) is 0 Å². The van der Waals surface area contributed by atoms with Crippen LogP contribution in [-0.2, 0) is 11.3 Å². The van der Waals surface area contributed by atoms with Crippen molar-refractivity contribution >= 4 is 5.91 Å². The Kier molecular flexibility index (Phi) is 6.19. The number of carbonyl (C=O) groups excluding carboxylic acids is 1. The fourth-order valence-corrected chi connectivity index (χ4v) is 4.80. The van der Waals surface area contributed by atoms with Crippen LogP contribution in [0.1, 0.15) is 28.8 Å². The van der Waals surface area contributed by atoms with E-state index < -0.39 is 0 Å². The van der Waals surface area contributed by atoms with Gasteiger partial charge >= 0.3 is 0 Å². The summed E-state index contributed by atoms with van der Waals surface area (Å²) in [7, 11) is 1.65.